The van der Waals surface area contributed by atoms with Crippen LogP contribution < -0.4 is 15.5 Å². The number of amidine groups is 1. The quantitative estimate of drug-likeness (QED) is 0.206. The number of morpholine rings is 1. The van der Waals surface area contributed by atoms with Crippen molar-refractivity contribution >= 4 is 63.1 Å². The maximum absolute atomic E-state index is 13.9. The maximum atomic E-state index is 13.9. The lowest BCUT2D eigenvalue weighted by Gasteiger charge is -2.28. The summed E-state index contributed by atoms with van der Waals surface area (Å²) >= 11 is 7.10. The number of anilines is 2. The number of hydrogen-bond donors (Lipinski definition) is 2. The van der Waals surface area contributed by atoms with Crippen LogP contribution in [0.5, 0.6) is 0 Å². The van der Waals surface area contributed by atoms with Crippen LogP contribution in [0.1, 0.15) is 34.9 Å². The monoisotopic (exact) mass is 705 g/mol. The van der Waals surface area contributed by atoms with Gasteiger partial charge >= 0.3 is 0 Å². The number of carbonyl (C=O) groups is 2. The van der Waals surface area contributed by atoms with Gasteiger partial charge in [-0.3, -0.25) is 19.5 Å². The molecular formula is C38H39N7O3S2. The molecule has 2 amide bonds. The van der Waals surface area contributed by atoms with Crippen molar-refractivity contribution in [1.82, 2.24) is 20.1 Å². The molecule has 7 rings (SSSR count). The molecule has 3 aromatic carbocycles. The van der Waals surface area contributed by atoms with Gasteiger partial charge in [0.2, 0.25) is 11.8 Å². The summed E-state index contributed by atoms with van der Waals surface area (Å²) in [6, 6.07) is 31.0. The molecule has 10 nitrogen and oxygen atoms in total. The Hall–Kier alpha value is -4.78. The number of aliphatic imine (C=N–C) groups is 1. The van der Waals surface area contributed by atoms with Crippen LogP contribution in [0.4, 0.5) is 17.1 Å². The number of amides is 2. The summed E-state index contributed by atoms with van der Waals surface area (Å²) < 4.78 is 5.49. The average molecular weight is 706 g/mol. The fourth-order valence-electron chi connectivity index (χ4n) is 6.35. The Balaban J connectivity index is 1.03. The standard InChI is InChI=1S/C38H39N7O3S2/c46-35(33-10-6-20-44(33)37(49)40-25-27-7-2-1-3-8-27)41-29-13-11-28(12-14-29)34-36(47)45(26-31-9-4-5-19-39-31)38(50-34)42-30-15-17-32(18-16-30)43-21-23-48-24-22-43/h1-5,7-9,11-19,33-34H,6,10,20-26H2,(H,40,49)(H,41,46)/b42-38-/t33-,34?/m0/s1. The summed E-state index contributed by atoms with van der Waals surface area (Å²) in [5.74, 6) is -0.153. The Kier molecular flexibility index (Phi) is 10.7. The highest BCUT2D eigenvalue weighted by molar-refractivity contribution is 8.15. The third-order valence-electron chi connectivity index (χ3n) is 9.03. The number of carbonyl (C=O) groups excluding carboxylic acids is 2. The van der Waals surface area contributed by atoms with Crippen LogP contribution in [0.3, 0.4) is 0 Å². The van der Waals surface area contributed by atoms with Gasteiger partial charge in [-0.2, -0.15) is 0 Å². The minimum atomic E-state index is -0.478. The first-order chi connectivity index (χ1) is 24.5. The molecule has 4 heterocycles. The molecule has 0 radical (unpaired) electrons. The molecule has 1 aromatic heterocycles. The Morgan fingerprint density at radius 3 is 2.44 bits per heavy atom. The van der Waals surface area contributed by atoms with E-state index in [9.17, 15) is 9.59 Å². The summed E-state index contributed by atoms with van der Waals surface area (Å²) in [6.45, 7) is 4.83. The number of benzene rings is 3. The molecule has 4 aromatic rings. The molecule has 3 fully saturated rings. The van der Waals surface area contributed by atoms with Crippen molar-refractivity contribution in [3.05, 3.63) is 120 Å². The molecule has 256 valence electrons. The van der Waals surface area contributed by atoms with Gasteiger partial charge in [-0.25, -0.2) is 4.99 Å². The predicted molar refractivity (Wildman–Crippen MR) is 202 cm³/mol. The highest BCUT2D eigenvalue weighted by Gasteiger charge is 2.39. The highest BCUT2D eigenvalue weighted by Crippen LogP contribution is 2.41. The Labute approximate surface area is 301 Å². The van der Waals surface area contributed by atoms with E-state index < -0.39 is 5.25 Å². The van der Waals surface area contributed by atoms with Crippen LogP contribution in [-0.4, -0.2) is 75.8 Å². The second-order valence-electron chi connectivity index (χ2n) is 12.4. The van der Waals surface area contributed by atoms with E-state index in [-0.39, 0.29) is 17.9 Å². The predicted octanol–water partition coefficient (Wildman–Crippen LogP) is 5.90. The van der Waals surface area contributed by atoms with Crippen LogP contribution in [0, 0.1) is 0 Å². The fraction of sp³-hybridized carbons (Fsp3) is 0.289. The second kappa shape index (κ2) is 15.8. The van der Waals surface area contributed by atoms with Gasteiger partial charge in [0.25, 0.3) is 0 Å². The fourth-order valence-corrected chi connectivity index (χ4v) is 7.81. The van der Waals surface area contributed by atoms with Crippen LogP contribution in [-0.2, 0) is 27.4 Å². The van der Waals surface area contributed by atoms with Gasteiger partial charge < -0.3 is 25.2 Å². The number of nitrogens with one attached hydrogen (secondary N) is 2. The molecule has 12 heteroatoms. The Bertz CT molecular complexity index is 1820. The van der Waals surface area contributed by atoms with Gasteiger partial charge in [0.05, 0.1) is 31.1 Å². The summed E-state index contributed by atoms with van der Waals surface area (Å²) in [5.41, 5.74) is 5.33. The van der Waals surface area contributed by atoms with Gasteiger partial charge in [-0.1, -0.05) is 60.3 Å². The molecule has 3 saturated heterocycles. The lowest BCUT2D eigenvalue weighted by molar-refractivity contribution is -0.126. The number of likely N-dealkylation sites (tertiary alicyclic amines) is 1. The molecule has 3 aliphatic rings. The summed E-state index contributed by atoms with van der Waals surface area (Å²) in [6.07, 6.45) is 3.35. The van der Waals surface area contributed by atoms with Gasteiger partial charge in [-0.15, -0.1) is 0 Å². The number of ether oxygens (including phenoxy) is 1. The summed E-state index contributed by atoms with van der Waals surface area (Å²) in [7, 11) is 0. The third kappa shape index (κ3) is 7.99. The Morgan fingerprint density at radius 1 is 0.940 bits per heavy atom. The first kappa shape index (κ1) is 33.7. The third-order valence-corrected chi connectivity index (χ3v) is 10.6. The van der Waals surface area contributed by atoms with Crippen molar-refractivity contribution in [3.8, 4) is 0 Å². The van der Waals surface area contributed by atoms with E-state index in [4.69, 9.17) is 21.9 Å². The zero-order valence-corrected chi connectivity index (χ0v) is 29.2. The normalized spacial score (nSPS) is 20.0. The number of thioether (sulfide) groups is 1. The van der Waals surface area contributed by atoms with Crippen LogP contribution >= 0.6 is 24.0 Å². The largest absolute Gasteiger partial charge is 0.378 e. The SMILES string of the molecule is O=C(Nc1ccc(C2S/C(=N\c3ccc(N4CCOCC4)cc3)N(Cc3ccccn3)C2=O)cc1)[C@@H]1CCCN1C(=S)NCc1ccccc1. The van der Waals surface area contributed by atoms with Crippen molar-refractivity contribution in [1.29, 1.82) is 0 Å². The number of nitrogens with zero attached hydrogens (tertiary/aromatic N) is 5. The van der Waals surface area contributed by atoms with Crippen molar-refractivity contribution < 1.29 is 14.3 Å². The van der Waals surface area contributed by atoms with Crippen molar-refractivity contribution in [2.45, 2.75) is 37.2 Å². The van der Waals surface area contributed by atoms with Crippen molar-refractivity contribution in [2.24, 2.45) is 4.99 Å². The van der Waals surface area contributed by atoms with E-state index in [0.717, 1.165) is 73.9 Å². The van der Waals surface area contributed by atoms with Crippen molar-refractivity contribution in [3.63, 3.8) is 0 Å². The van der Waals surface area contributed by atoms with Gasteiger partial charge in [0, 0.05) is 43.8 Å². The minimum Gasteiger partial charge on any atom is -0.378 e. The van der Waals surface area contributed by atoms with E-state index in [0.29, 0.717) is 29.1 Å². The molecule has 0 saturated carbocycles. The molecule has 1 unspecified atom stereocenters. The van der Waals surface area contributed by atoms with E-state index in [2.05, 4.69) is 32.7 Å². The van der Waals surface area contributed by atoms with E-state index in [1.165, 1.54) is 11.8 Å². The zero-order valence-electron chi connectivity index (χ0n) is 27.6. The molecule has 2 N–H and O–H groups in total. The zero-order chi connectivity index (χ0) is 34.3. The first-order valence-electron chi connectivity index (χ1n) is 16.9. The molecule has 3 aliphatic heterocycles. The lowest BCUT2D eigenvalue weighted by Crippen LogP contribution is -2.47. The van der Waals surface area contributed by atoms with Crippen LogP contribution in [0.25, 0.3) is 0 Å². The average Bonchev–Trinajstić information content (AvgIpc) is 3.78. The topological polar surface area (TPSA) is 102 Å². The molecule has 50 heavy (non-hydrogen) atoms. The Morgan fingerprint density at radius 2 is 1.70 bits per heavy atom. The lowest BCUT2D eigenvalue weighted by atomic mass is 10.1. The highest BCUT2D eigenvalue weighted by atomic mass is 32.2. The van der Waals surface area contributed by atoms with Gasteiger partial charge in [-0.05, 0) is 84.7 Å². The summed E-state index contributed by atoms with van der Waals surface area (Å²) in [5, 5.41) is 7.10. The molecule has 2 atom stereocenters. The smallest absolute Gasteiger partial charge is 0.247 e. The van der Waals surface area contributed by atoms with E-state index >= 15 is 0 Å². The minimum absolute atomic E-state index is 0.0563. The van der Waals surface area contributed by atoms with Crippen molar-refractivity contribution in [2.75, 3.05) is 43.1 Å². The number of hydrogen-bond acceptors (Lipinski definition) is 8. The van der Waals surface area contributed by atoms with Gasteiger partial charge in [0.15, 0.2) is 10.3 Å². The number of aromatic nitrogens is 1. The second-order valence-corrected chi connectivity index (χ2v) is 13.8. The number of rotatable bonds is 9. The number of pyridine rings is 1. The molecule has 0 spiro atoms. The van der Waals surface area contributed by atoms with Crippen LogP contribution in [0.15, 0.2) is 108 Å². The first-order valence-corrected chi connectivity index (χ1v) is 18.2. The van der Waals surface area contributed by atoms with E-state index in [1.807, 2.05) is 89.8 Å². The van der Waals surface area contributed by atoms with E-state index in [1.54, 1.807) is 11.1 Å². The maximum Gasteiger partial charge on any atom is 0.247 e. The van der Waals surface area contributed by atoms with Crippen LogP contribution in [0.2, 0.25) is 0 Å². The molecular weight excluding hydrogens is 667 g/mol. The molecule has 0 aliphatic carbocycles. The summed E-state index contributed by atoms with van der Waals surface area (Å²) in [4.78, 5) is 42.7. The van der Waals surface area contributed by atoms with Gasteiger partial charge in [0.1, 0.15) is 11.3 Å². The number of thiocarbonyl (C=S) groups is 1. The molecule has 0 bridgehead atoms.